The van der Waals surface area contributed by atoms with E-state index >= 15 is 0 Å². The summed E-state index contributed by atoms with van der Waals surface area (Å²) in [6.07, 6.45) is 1.68. The van der Waals surface area contributed by atoms with Gasteiger partial charge in [-0.15, -0.1) is 0 Å². The van der Waals surface area contributed by atoms with Crippen LogP contribution in [0.25, 0.3) is 0 Å². The molecule has 0 saturated heterocycles. The van der Waals surface area contributed by atoms with Crippen LogP contribution in [-0.2, 0) is 14.3 Å². The van der Waals surface area contributed by atoms with Crippen molar-refractivity contribution >= 4 is 23.3 Å². The van der Waals surface area contributed by atoms with Crippen LogP contribution in [0, 0.1) is 0 Å². The summed E-state index contributed by atoms with van der Waals surface area (Å²) in [6.45, 7) is 6.44. The molecule has 1 aromatic carbocycles. The minimum atomic E-state index is -0.416. The molecule has 1 aromatic rings. The molecule has 0 unspecified atom stereocenters. The fourth-order valence-corrected chi connectivity index (χ4v) is 2.84. The largest absolute Gasteiger partial charge is 0.490 e. The lowest BCUT2D eigenvalue weighted by Crippen LogP contribution is -2.46. The molecule has 0 fully saturated rings. The Labute approximate surface area is 159 Å². The van der Waals surface area contributed by atoms with E-state index < -0.39 is 12.0 Å². The smallest absolute Gasteiger partial charge is 0.338 e. The number of benzene rings is 1. The molecule has 7 heteroatoms. The molecule has 2 rings (SSSR count). The van der Waals surface area contributed by atoms with Gasteiger partial charge in [0.05, 0.1) is 18.2 Å². The van der Waals surface area contributed by atoms with Gasteiger partial charge in [-0.25, -0.2) is 4.79 Å². The molecule has 0 bridgehead atoms. The van der Waals surface area contributed by atoms with Gasteiger partial charge in [0.1, 0.15) is 19.0 Å². The van der Waals surface area contributed by atoms with Gasteiger partial charge in [-0.05, 0) is 36.8 Å². The van der Waals surface area contributed by atoms with Crippen molar-refractivity contribution in [2.75, 3.05) is 34.0 Å². The Hall–Kier alpha value is -2.38. The normalized spacial score (nSPS) is 17.0. The van der Waals surface area contributed by atoms with Gasteiger partial charge < -0.3 is 24.4 Å². The summed E-state index contributed by atoms with van der Waals surface area (Å²) in [5.74, 6) is 0.294. The minimum absolute atomic E-state index is 0.190. The number of carbonyl (C=O) groups is 1. The molecule has 1 N–H and O–H groups in total. The van der Waals surface area contributed by atoms with Crippen molar-refractivity contribution < 1.29 is 19.0 Å². The van der Waals surface area contributed by atoms with Crippen molar-refractivity contribution in [3.05, 3.63) is 53.8 Å². The van der Waals surface area contributed by atoms with E-state index in [0.717, 1.165) is 11.3 Å². The van der Waals surface area contributed by atoms with Gasteiger partial charge in [-0.3, -0.25) is 0 Å². The molecule has 1 heterocycles. The fraction of sp³-hybridized carbons (Fsp3) is 0.368. The minimum Gasteiger partial charge on any atom is -0.490 e. The highest BCUT2D eigenvalue weighted by molar-refractivity contribution is 7.80. The molecule has 140 valence electrons. The highest BCUT2D eigenvalue weighted by atomic mass is 32.1. The second kappa shape index (κ2) is 9.35. The molecular formula is C19H24N2O4S. The maximum atomic E-state index is 12.7. The molecule has 1 aliphatic rings. The van der Waals surface area contributed by atoms with Crippen LogP contribution in [0.2, 0.25) is 0 Å². The van der Waals surface area contributed by atoms with E-state index in [1.807, 2.05) is 38.2 Å². The van der Waals surface area contributed by atoms with Gasteiger partial charge in [0.2, 0.25) is 0 Å². The number of hydrogen-bond acceptors (Lipinski definition) is 5. The van der Waals surface area contributed by atoms with E-state index in [4.69, 9.17) is 26.4 Å². The number of esters is 1. The van der Waals surface area contributed by atoms with Crippen LogP contribution in [0.1, 0.15) is 18.5 Å². The first-order valence-corrected chi connectivity index (χ1v) is 8.65. The second-order valence-corrected chi connectivity index (χ2v) is 6.13. The van der Waals surface area contributed by atoms with E-state index in [0.29, 0.717) is 29.6 Å². The third-order valence-corrected chi connectivity index (χ3v) is 4.45. The Bertz CT molecular complexity index is 717. The number of allylic oxidation sites excluding steroid dienone is 1. The van der Waals surface area contributed by atoms with Crippen molar-refractivity contribution in [2.45, 2.75) is 13.0 Å². The Kier molecular flexibility index (Phi) is 7.17. The molecule has 0 saturated carbocycles. The van der Waals surface area contributed by atoms with Crippen molar-refractivity contribution in [1.29, 1.82) is 0 Å². The fourth-order valence-electron chi connectivity index (χ4n) is 2.58. The summed E-state index contributed by atoms with van der Waals surface area (Å²) in [5, 5.41) is 3.75. The Balaban J connectivity index is 2.35. The number of hydrogen-bond donors (Lipinski definition) is 1. The molecule has 0 aliphatic carbocycles. The van der Waals surface area contributed by atoms with Gasteiger partial charge in [0.25, 0.3) is 0 Å². The number of thiocarbonyl (C=S) groups is 1. The first-order valence-electron chi connectivity index (χ1n) is 8.24. The number of nitrogens with one attached hydrogen (secondary N) is 1. The summed E-state index contributed by atoms with van der Waals surface area (Å²) >= 11 is 5.40. The van der Waals surface area contributed by atoms with Crippen LogP contribution >= 0.6 is 12.2 Å². The van der Waals surface area contributed by atoms with Crippen LogP contribution in [0.15, 0.2) is 48.2 Å². The third-order valence-electron chi connectivity index (χ3n) is 4.05. The zero-order valence-electron chi connectivity index (χ0n) is 15.3. The third kappa shape index (κ3) is 4.62. The van der Waals surface area contributed by atoms with Crippen molar-refractivity contribution in [3.8, 4) is 5.75 Å². The van der Waals surface area contributed by atoms with Crippen LogP contribution < -0.4 is 10.1 Å². The zero-order chi connectivity index (χ0) is 19.1. The van der Waals surface area contributed by atoms with Crippen molar-refractivity contribution in [3.63, 3.8) is 0 Å². The lowest BCUT2D eigenvalue weighted by atomic mass is 9.95. The van der Waals surface area contributed by atoms with Gasteiger partial charge >= 0.3 is 5.97 Å². The SMILES string of the molecule is C=CCOc1cccc([C@@H]2NC(=S)N(C)C(C)=C2C(=O)OCCOC)c1. The van der Waals surface area contributed by atoms with E-state index in [2.05, 4.69) is 11.9 Å². The Morgan fingerprint density at radius 3 is 2.88 bits per heavy atom. The Morgan fingerprint density at radius 1 is 1.42 bits per heavy atom. The molecule has 0 aromatic heterocycles. The molecule has 6 nitrogen and oxygen atoms in total. The molecule has 26 heavy (non-hydrogen) atoms. The number of methoxy groups -OCH3 is 1. The van der Waals surface area contributed by atoms with Crippen LogP contribution in [-0.4, -0.2) is 50.0 Å². The maximum absolute atomic E-state index is 12.7. The average Bonchev–Trinajstić information content (AvgIpc) is 2.64. The van der Waals surface area contributed by atoms with Crippen molar-refractivity contribution in [1.82, 2.24) is 10.2 Å². The summed E-state index contributed by atoms with van der Waals surface area (Å²) in [5.41, 5.74) is 2.12. The summed E-state index contributed by atoms with van der Waals surface area (Å²) in [4.78, 5) is 14.4. The quantitative estimate of drug-likeness (QED) is 0.324. The molecule has 1 aliphatic heterocycles. The standard InChI is InChI=1S/C19H24N2O4S/c1-5-9-24-15-8-6-7-14(12-15)17-16(18(22)25-11-10-23-4)13(2)21(3)19(26)20-17/h5-8,12,17H,1,9-11H2,2-4H3,(H,20,26)/t17-/m0/s1. The second-order valence-electron chi connectivity index (χ2n) is 5.74. The Morgan fingerprint density at radius 2 is 2.19 bits per heavy atom. The summed E-state index contributed by atoms with van der Waals surface area (Å²) in [7, 11) is 3.37. The summed E-state index contributed by atoms with van der Waals surface area (Å²) < 4.78 is 15.9. The predicted octanol–water partition coefficient (Wildman–Crippen LogP) is 2.58. The number of nitrogens with zero attached hydrogens (tertiary/aromatic N) is 1. The van der Waals surface area contributed by atoms with E-state index in [-0.39, 0.29) is 6.61 Å². The van der Waals surface area contributed by atoms with E-state index in [1.165, 1.54) is 0 Å². The molecule has 1 atom stereocenters. The molecular weight excluding hydrogens is 352 g/mol. The highest BCUT2D eigenvalue weighted by Crippen LogP contribution is 2.32. The van der Waals surface area contributed by atoms with E-state index in [1.54, 1.807) is 18.1 Å². The molecule has 0 radical (unpaired) electrons. The summed E-state index contributed by atoms with van der Waals surface area (Å²) in [6, 6.07) is 7.11. The van der Waals surface area contributed by atoms with Gasteiger partial charge in [0, 0.05) is 19.9 Å². The molecule has 0 spiro atoms. The predicted molar refractivity (Wildman–Crippen MR) is 104 cm³/mol. The zero-order valence-corrected chi connectivity index (χ0v) is 16.1. The first-order chi connectivity index (χ1) is 12.5. The lowest BCUT2D eigenvalue weighted by Gasteiger charge is -2.35. The first kappa shape index (κ1) is 19.9. The highest BCUT2D eigenvalue weighted by Gasteiger charge is 2.33. The lowest BCUT2D eigenvalue weighted by molar-refractivity contribution is -0.140. The monoisotopic (exact) mass is 376 g/mol. The van der Waals surface area contributed by atoms with Gasteiger partial charge in [0.15, 0.2) is 5.11 Å². The number of rotatable bonds is 8. The molecule has 0 amide bonds. The van der Waals surface area contributed by atoms with Gasteiger partial charge in [-0.2, -0.15) is 0 Å². The number of ether oxygens (including phenoxy) is 3. The van der Waals surface area contributed by atoms with Crippen molar-refractivity contribution in [2.24, 2.45) is 0 Å². The average molecular weight is 376 g/mol. The van der Waals surface area contributed by atoms with Gasteiger partial charge in [-0.1, -0.05) is 24.8 Å². The maximum Gasteiger partial charge on any atom is 0.338 e. The number of carbonyl (C=O) groups excluding carboxylic acids is 1. The van der Waals surface area contributed by atoms with Crippen LogP contribution in [0.4, 0.5) is 0 Å². The van der Waals surface area contributed by atoms with Crippen LogP contribution in [0.3, 0.4) is 0 Å². The van der Waals surface area contributed by atoms with Crippen LogP contribution in [0.5, 0.6) is 5.75 Å². The topological polar surface area (TPSA) is 60.0 Å². The van der Waals surface area contributed by atoms with E-state index in [9.17, 15) is 4.79 Å².